The van der Waals surface area contributed by atoms with Crippen LogP contribution >= 0.6 is 0 Å². The molecule has 0 bridgehead atoms. The molecule has 2 aromatic rings. The summed E-state index contributed by atoms with van der Waals surface area (Å²) in [7, 11) is 1.95. The maximum absolute atomic E-state index is 4.37. The monoisotopic (exact) mass is 271 g/mol. The molecule has 0 spiro atoms. The largest absolute Gasteiger partial charge is 0.312 e. The molecule has 0 amide bonds. The van der Waals surface area contributed by atoms with E-state index in [-0.39, 0.29) is 5.41 Å². The van der Waals surface area contributed by atoms with E-state index >= 15 is 0 Å². The van der Waals surface area contributed by atoms with E-state index in [0.29, 0.717) is 0 Å². The van der Waals surface area contributed by atoms with Crippen LogP contribution in [-0.4, -0.2) is 16.3 Å². The molecule has 1 aromatic heterocycles. The number of aromatic nitrogens is 2. The molecule has 3 heteroatoms. The fourth-order valence-corrected chi connectivity index (χ4v) is 2.17. The average molecular weight is 271 g/mol. The molecule has 0 saturated heterocycles. The predicted octanol–water partition coefficient (Wildman–Crippen LogP) is 3.05. The zero-order chi connectivity index (χ0) is 14.6. The van der Waals surface area contributed by atoms with Crippen molar-refractivity contribution in [2.45, 2.75) is 39.2 Å². The first-order valence-electron chi connectivity index (χ1n) is 7.24. The number of nitrogens with zero attached hydrogens (tertiary/aromatic N) is 2. The number of hydrogen-bond acceptors (Lipinski definition) is 2. The van der Waals surface area contributed by atoms with E-state index in [1.54, 1.807) is 0 Å². The number of rotatable bonds is 5. The third-order valence-corrected chi connectivity index (χ3v) is 3.48. The SMILES string of the molecule is Cn1ccc(CCNCc2ccc(C(C)(C)C)cc2)n1. The standard InChI is InChI=1S/C17H25N3/c1-17(2,3)15-7-5-14(6-8-15)13-18-11-9-16-10-12-20(4)19-16/h5-8,10,12,18H,9,11,13H2,1-4H3. The molecule has 20 heavy (non-hydrogen) atoms. The van der Waals surface area contributed by atoms with Crippen LogP contribution in [0.15, 0.2) is 36.5 Å². The van der Waals surface area contributed by atoms with Crippen molar-refractivity contribution in [1.82, 2.24) is 15.1 Å². The third-order valence-electron chi connectivity index (χ3n) is 3.48. The second kappa shape index (κ2) is 6.23. The molecule has 108 valence electrons. The summed E-state index contributed by atoms with van der Waals surface area (Å²) in [5, 5.41) is 7.84. The molecular weight excluding hydrogens is 246 g/mol. The Morgan fingerprint density at radius 3 is 2.35 bits per heavy atom. The molecular formula is C17H25N3. The van der Waals surface area contributed by atoms with Gasteiger partial charge in [0, 0.05) is 32.8 Å². The van der Waals surface area contributed by atoms with E-state index in [4.69, 9.17) is 0 Å². The quantitative estimate of drug-likeness (QED) is 0.847. The molecule has 0 atom stereocenters. The summed E-state index contributed by atoms with van der Waals surface area (Å²) in [6.07, 6.45) is 2.96. The van der Waals surface area contributed by atoms with Gasteiger partial charge < -0.3 is 5.32 Å². The maximum atomic E-state index is 4.37. The molecule has 2 rings (SSSR count). The van der Waals surface area contributed by atoms with Gasteiger partial charge in [-0.3, -0.25) is 4.68 Å². The summed E-state index contributed by atoms with van der Waals surface area (Å²) in [6.45, 7) is 8.60. The van der Waals surface area contributed by atoms with Crippen molar-refractivity contribution >= 4 is 0 Å². The van der Waals surface area contributed by atoms with Gasteiger partial charge in [-0.05, 0) is 22.6 Å². The smallest absolute Gasteiger partial charge is 0.0637 e. The fraction of sp³-hybridized carbons (Fsp3) is 0.471. The van der Waals surface area contributed by atoms with Gasteiger partial charge in [0.15, 0.2) is 0 Å². The Balaban J connectivity index is 1.77. The van der Waals surface area contributed by atoms with Crippen molar-refractivity contribution in [1.29, 1.82) is 0 Å². The van der Waals surface area contributed by atoms with Crippen LogP contribution in [0.1, 0.15) is 37.6 Å². The van der Waals surface area contributed by atoms with Gasteiger partial charge in [0.25, 0.3) is 0 Å². The first kappa shape index (κ1) is 14.8. The van der Waals surface area contributed by atoms with E-state index in [0.717, 1.165) is 25.2 Å². The van der Waals surface area contributed by atoms with Crippen LogP contribution in [0.4, 0.5) is 0 Å². The number of hydrogen-bond donors (Lipinski definition) is 1. The zero-order valence-electron chi connectivity index (χ0n) is 13.0. The van der Waals surface area contributed by atoms with Crippen LogP contribution in [0.3, 0.4) is 0 Å². The molecule has 0 radical (unpaired) electrons. The van der Waals surface area contributed by atoms with Crippen molar-refractivity contribution < 1.29 is 0 Å². The molecule has 0 aliphatic carbocycles. The maximum Gasteiger partial charge on any atom is 0.0637 e. The minimum atomic E-state index is 0.227. The van der Waals surface area contributed by atoms with Crippen LogP contribution < -0.4 is 5.32 Å². The first-order chi connectivity index (χ1) is 9.45. The molecule has 1 heterocycles. The Morgan fingerprint density at radius 1 is 1.10 bits per heavy atom. The molecule has 0 unspecified atom stereocenters. The van der Waals surface area contributed by atoms with Gasteiger partial charge >= 0.3 is 0 Å². The van der Waals surface area contributed by atoms with Crippen LogP contribution in [0.25, 0.3) is 0 Å². The predicted molar refractivity (Wildman–Crippen MR) is 83.8 cm³/mol. The van der Waals surface area contributed by atoms with Gasteiger partial charge in [-0.2, -0.15) is 5.10 Å². The van der Waals surface area contributed by atoms with Crippen molar-refractivity contribution in [3.8, 4) is 0 Å². The fourth-order valence-electron chi connectivity index (χ4n) is 2.17. The lowest BCUT2D eigenvalue weighted by Gasteiger charge is -2.19. The summed E-state index contributed by atoms with van der Waals surface area (Å²) in [4.78, 5) is 0. The highest BCUT2D eigenvalue weighted by Crippen LogP contribution is 2.22. The molecule has 1 aromatic carbocycles. The molecule has 1 N–H and O–H groups in total. The highest BCUT2D eigenvalue weighted by atomic mass is 15.2. The molecule has 0 aliphatic heterocycles. The highest BCUT2D eigenvalue weighted by Gasteiger charge is 2.12. The molecule has 0 fully saturated rings. The Kier molecular flexibility index (Phi) is 4.61. The second-order valence-electron chi connectivity index (χ2n) is 6.35. The van der Waals surface area contributed by atoms with Crippen LogP contribution in [0, 0.1) is 0 Å². The summed E-state index contributed by atoms with van der Waals surface area (Å²) in [6, 6.07) is 11.0. The van der Waals surface area contributed by atoms with E-state index < -0.39 is 0 Å². The van der Waals surface area contributed by atoms with Crippen LogP contribution in [0.5, 0.6) is 0 Å². The summed E-state index contributed by atoms with van der Waals surface area (Å²) in [5.74, 6) is 0. The van der Waals surface area contributed by atoms with Gasteiger partial charge in [-0.25, -0.2) is 0 Å². The lowest BCUT2D eigenvalue weighted by molar-refractivity contribution is 0.589. The summed E-state index contributed by atoms with van der Waals surface area (Å²) < 4.78 is 1.85. The summed E-state index contributed by atoms with van der Waals surface area (Å²) in [5.41, 5.74) is 4.09. The zero-order valence-corrected chi connectivity index (χ0v) is 13.0. The van der Waals surface area contributed by atoms with Crippen LogP contribution in [-0.2, 0) is 25.4 Å². The van der Waals surface area contributed by atoms with Gasteiger partial charge in [-0.1, -0.05) is 45.0 Å². The van der Waals surface area contributed by atoms with Crippen molar-refractivity contribution in [3.63, 3.8) is 0 Å². The number of nitrogens with one attached hydrogen (secondary N) is 1. The van der Waals surface area contributed by atoms with E-state index in [2.05, 4.69) is 61.5 Å². The lowest BCUT2D eigenvalue weighted by Crippen LogP contribution is -2.17. The molecule has 0 saturated carbocycles. The van der Waals surface area contributed by atoms with Gasteiger partial charge in [0.05, 0.1) is 5.69 Å². The normalized spacial score (nSPS) is 11.8. The Hall–Kier alpha value is -1.61. The van der Waals surface area contributed by atoms with Crippen LogP contribution in [0.2, 0.25) is 0 Å². The van der Waals surface area contributed by atoms with Gasteiger partial charge in [0.2, 0.25) is 0 Å². The summed E-state index contributed by atoms with van der Waals surface area (Å²) >= 11 is 0. The van der Waals surface area contributed by atoms with Crippen molar-refractivity contribution in [2.24, 2.45) is 7.05 Å². The lowest BCUT2D eigenvalue weighted by atomic mass is 9.87. The average Bonchev–Trinajstić information content (AvgIpc) is 2.80. The minimum Gasteiger partial charge on any atom is -0.312 e. The third kappa shape index (κ3) is 4.20. The number of benzene rings is 1. The Morgan fingerprint density at radius 2 is 1.80 bits per heavy atom. The molecule has 0 aliphatic rings. The Labute approximate surface area is 122 Å². The van der Waals surface area contributed by atoms with E-state index in [9.17, 15) is 0 Å². The second-order valence-corrected chi connectivity index (χ2v) is 6.35. The minimum absolute atomic E-state index is 0.227. The van der Waals surface area contributed by atoms with Crippen molar-refractivity contribution in [3.05, 3.63) is 53.3 Å². The highest BCUT2D eigenvalue weighted by molar-refractivity contribution is 5.27. The van der Waals surface area contributed by atoms with E-state index in [1.165, 1.54) is 11.1 Å². The topological polar surface area (TPSA) is 29.9 Å². The first-order valence-corrected chi connectivity index (χ1v) is 7.24. The van der Waals surface area contributed by atoms with Gasteiger partial charge in [-0.15, -0.1) is 0 Å². The van der Waals surface area contributed by atoms with Gasteiger partial charge in [0.1, 0.15) is 0 Å². The van der Waals surface area contributed by atoms with E-state index in [1.807, 2.05) is 17.9 Å². The molecule has 3 nitrogen and oxygen atoms in total. The number of aryl methyl sites for hydroxylation is 1. The van der Waals surface area contributed by atoms with Crippen molar-refractivity contribution in [2.75, 3.05) is 6.54 Å². The Bertz CT molecular complexity index is 532.